The smallest absolute Gasteiger partial charge is 0.273 e. The van der Waals surface area contributed by atoms with E-state index >= 15 is 0 Å². The van der Waals surface area contributed by atoms with Gasteiger partial charge in [-0.1, -0.05) is 18.2 Å². The average molecular weight is 215 g/mol. The number of para-hydroxylation sites is 1. The molecule has 2 N–H and O–H groups in total. The van der Waals surface area contributed by atoms with Crippen LogP contribution in [0.25, 0.3) is 5.69 Å². The fourth-order valence-electron chi connectivity index (χ4n) is 1.30. The molecular weight excluding hydrogens is 206 g/mol. The molecule has 16 heavy (non-hydrogen) atoms. The Morgan fingerprint density at radius 1 is 1.19 bits per heavy atom. The van der Waals surface area contributed by atoms with E-state index in [4.69, 9.17) is 5.73 Å². The number of benzene rings is 1. The van der Waals surface area contributed by atoms with Crippen LogP contribution in [0.5, 0.6) is 0 Å². The average Bonchev–Trinajstić information content (AvgIpc) is 2.30. The van der Waals surface area contributed by atoms with Gasteiger partial charge >= 0.3 is 0 Å². The van der Waals surface area contributed by atoms with Crippen molar-refractivity contribution in [2.45, 2.75) is 0 Å². The molecule has 0 radical (unpaired) electrons. The lowest BCUT2D eigenvalue weighted by Crippen LogP contribution is -2.25. The van der Waals surface area contributed by atoms with E-state index in [-0.39, 0.29) is 5.69 Å². The van der Waals surface area contributed by atoms with E-state index in [1.54, 1.807) is 0 Å². The molecule has 0 aliphatic rings. The van der Waals surface area contributed by atoms with Crippen molar-refractivity contribution in [3.63, 3.8) is 0 Å². The molecule has 0 fully saturated rings. The maximum Gasteiger partial charge on any atom is 0.273 e. The third-order valence-electron chi connectivity index (χ3n) is 2.06. The number of primary amides is 1. The van der Waals surface area contributed by atoms with E-state index in [2.05, 4.69) is 5.10 Å². The molecule has 0 bridgehead atoms. The number of hydrogen-bond donors (Lipinski definition) is 1. The maximum absolute atomic E-state index is 11.3. The van der Waals surface area contributed by atoms with Gasteiger partial charge < -0.3 is 5.73 Å². The zero-order valence-electron chi connectivity index (χ0n) is 8.33. The highest BCUT2D eigenvalue weighted by molar-refractivity contribution is 5.90. The van der Waals surface area contributed by atoms with Gasteiger partial charge in [0.1, 0.15) is 0 Å². The van der Waals surface area contributed by atoms with Gasteiger partial charge in [0.05, 0.1) is 5.69 Å². The Labute approximate surface area is 91.1 Å². The fourth-order valence-corrected chi connectivity index (χ4v) is 1.30. The molecule has 1 heterocycles. The van der Waals surface area contributed by atoms with Gasteiger partial charge in [0, 0.05) is 12.3 Å². The van der Waals surface area contributed by atoms with Gasteiger partial charge in [-0.05, 0) is 12.1 Å². The second-order valence-corrected chi connectivity index (χ2v) is 3.17. The van der Waals surface area contributed by atoms with Gasteiger partial charge in [-0.25, -0.2) is 4.68 Å². The molecule has 1 aromatic heterocycles. The van der Waals surface area contributed by atoms with Gasteiger partial charge in [-0.15, -0.1) is 0 Å². The van der Waals surface area contributed by atoms with Crippen LogP contribution in [0.4, 0.5) is 0 Å². The Kier molecular flexibility index (Phi) is 2.51. The summed E-state index contributed by atoms with van der Waals surface area (Å²) in [6.45, 7) is 0. The number of amides is 1. The van der Waals surface area contributed by atoms with E-state index in [1.807, 2.05) is 30.3 Å². The van der Waals surface area contributed by atoms with Crippen molar-refractivity contribution in [3.8, 4) is 5.69 Å². The highest BCUT2D eigenvalue weighted by Crippen LogP contribution is 2.03. The van der Waals surface area contributed by atoms with Crippen molar-refractivity contribution in [1.29, 1.82) is 0 Å². The first-order chi connectivity index (χ1) is 7.68. The van der Waals surface area contributed by atoms with Crippen LogP contribution in [0.2, 0.25) is 0 Å². The predicted molar refractivity (Wildman–Crippen MR) is 58.4 cm³/mol. The first-order valence-corrected chi connectivity index (χ1v) is 4.64. The molecule has 1 aromatic carbocycles. The molecule has 1 amide bonds. The second kappa shape index (κ2) is 3.98. The number of carbonyl (C=O) groups excluding carboxylic acids is 1. The molecule has 0 aliphatic heterocycles. The monoisotopic (exact) mass is 215 g/mol. The van der Waals surface area contributed by atoms with Gasteiger partial charge in [-0.2, -0.15) is 5.10 Å². The molecule has 0 saturated carbocycles. The molecule has 0 unspecified atom stereocenters. The number of hydrogen-bond acceptors (Lipinski definition) is 3. The van der Waals surface area contributed by atoms with E-state index in [9.17, 15) is 9.59 Å². The Morgan fingerprint density at radius 3 is 2.50 bits per heavy atom. The minimum absolute atomic E-state index is 0.258. The topological polar surface area (TPSA) is 78.0 Å². The van der Waals surface area contributed by atoms with Crippen molar-refractivity contribution in [3.05, 3.63) is 58.5 Å². The Bertz CT molecular complexity index is 575. The first-order valence-electron chi connectivity index (χ1n) is 4.64. The zero-order chi connectivity index (χ0) is 11.5. The summed E-state index contributed by atoms with van der Waals surface area (Å²) in [5.74, 6) is -0.824. The lowest BCUT2D eigenvalue weighted by molar-refractivity contribution is 0.0993. The Morgan fingerprint density at radius 2 is 1.88 bits per heavy atom. The van der Waals surface area contributed by atoms with E-state index in [0.717, 1.165) is 5.69 Å². The molecule has 80 valence electrons. The molecular formula is C11H9N3O2. The number of nitrogens with two attached hydrogens (primary N) is 1. The van der Waals surface area contributed by atoms with Crippen LogP contribution in [0.1, 0.15) is 10.5 Å². The minimum atomic E-state index is -0.824. The van der Waals surface area contributed by atoms with Crippen LogP contribution in [-0.2, 0) is 0 Å². The normalized spacial score (nSPS) is 10.0. The fraction of sp³-hybridized carbons (Fsp3) is 0. The molecule has 2 rings (SSSR count). The largest absolute Gasteiger partial charge is 0.364 e. The molecule has 5 heteroatoms. The number of rotatable bonds is 2. The van der Waals surface area contributed by atoms with Crippen LogP contribution < -0.4 is 11.2 Å². The Balaban J connectivity index is 2.57. The van der Waals surface area contributed by atoms with Crippen molar-refractivity contribution in [1.82, 2.24) is 9.78 Å². The van der Waals surface area contributed by atoms with E-state index in [1.165, 1.54) is 16.9 Å². The van der Waals surface area contributed by atoms with Gasteiger partial charge in [0.15, 0.2) is 5.69 Å². The molecule has 0 aliphatic carbocycles. The molecule has 5 nitrogen and oxygen atoms in total. The van der Waals surface area contributed by atoms with Gasteiger partial charge in [0.2, 0.25) is 5.43 Å². The highest BCUT2D eigenvalue weighted by atomic mass is 16.2. The SMILES string of the molecule is NC(=O)c1nn(-c2ccccc2)ccc1=O. The van der Waals surface area contributed by atoms with Crippen LogP contribution in [-0.4, -0.2) is 15.7 Å². The summed E-state index contributed by atoms with van der Waals surface area (Å²) in [6, 6.07) is 10.4. The standard InChI is InChI=1S/C11H9N3O2/c12-11(16)10-9(15)6-7-14(13-10)8-4-2-1-3-5-8/h1-7H,(H2,12,16). The van der Waals surface area contributed by atoms with E-state index < -0.39 is 11.3 Å². The third kappa shape index (κ3) is 1.83. The summed E-state index contributed by atoms with van der Waals surface area (Å²) < 4.78 is 1.43. The van der Waals surface area contributed by atoms with Gasteiger partial charge in [-0.3, -0.25) is 9.59 Å². The van der Waals surface area contributed by atoms with Crippen LogP contribution in [0, 0.1) is 0 Å². The van der Waals surface area contributed by atoms with Crippen LogP contribution in [0.15, 0.2) is 47.4 Å². The molecule has 0 spiro atoms. The molecule has 2 aromatic rings. The molecule has 0 saturated heterocycles. The summed E-state index contributed by atoms with van der Waals surface area (Å²) in [5, 5.41) is 3.87. The van der Waals surface area contributed by atoms with Crippen molar-refractivity contribution in [2.75, 3.05) is 0 Å². The lowest BCUT2D eigenvalue weighted by Gasteiger charge is -2.04. The summed E-state index contributed by atoms with van der Waals surface area (Å²) in [4.78, 5) is 22.2. The van der Waals surface area contributed by atoms with Gasteiger partial charge in [0.25, 0.3) is 5.91 Å². The Hall–Kier alpha value is -2.43. The summed E-state index contributed by atoms with van der Waals surface area (Å²) >= 11 is 0. The maximum atomic E-state index is 11.3. The minimum Gasteiger partial charge on any atom is -0.364 e. The van der Waals surface area contributed by atoms with E-state index in [0.29, 0.717) is 0 Å². The van der Waals surface area contributed by atoms with Crippen molar-refractivity contribution >= 4 is 5.91 Å². The number of aromatic nitrogens is 2. The van der Waals surface area contributed by atoms with Crippen LogP contribution in [0.3, 0.4) is 0 Å². The summed E-state index contributed by atoms with van der Waals surface area (Å²) in [6.07, 6.45) is 1.49. The van der Waals surface area contributed by atoms with Crippen LogP contribution >= 0.6 is 0 Å². The summed E-state index contributed by atoms with van der Waals surface area (Å²) in [7, 11) is 0. The quantitative estimate of drug-likeness (QED) is 0.784. The third-order valence-corrected chi connectivity index (χ3v) is 2.06. The zero-order valence-corrected chi connectivity index (χ0v) is 8.33. The summed E-state index contributed by atoms with van der Waals surface area (Å²) in [5.41, 5.74) is 5.07. The highest BCUT2D eigenvalue weighted by Gasteiger charge is 2.08. The predicted octanol–water partition coefficient (Wildman–Crippen LogP) is 0.331. The van der Waals surface area contributed by atoms with Crippen molar-refractivity contribution in [2.24, 2.45) is 5.73 Å². The molecule has 0 atom stereocenters. The second-order valence-electron chi connectivity index (χ2n) is 3.17. The van der Waals surface area contributed by atoms with Crippen molar-refractivity contribution < 1.29 is 4.79 Å². The first kappa shape index (κ1) is 10.1. The number of nitrogens with zero attached hydrogens (tertiary/aromatic N) is 2. The number of carbonyl (C=O) groups is 1. The lowest BCUT2D eigenvalue weighted by atomic mass is 10.3.